The summed E-state index contributed by atoms with van der Waals surface area (Å²) in [6, 6.07) is 14.4. The molecule has 4 aromatic rings. The molecule has 0 bridgehead atoms. The second-order valence-electron chi connectivity index (χ2n) is 6.02. The number of hydrogen-bond donors (Lipinski definition) is 1. The lowest BCUT2D eigenvalue weighted by atomic mass is 9.97. The molecule has 1 N–H and O–H groups in total. The highest BCUT2D eigenvalue weighted by molar-refractivity contribution is 6.10. The Bertz CT molecular complexity index is 1250. The topological polar surface area (TPSA) is 115 Å². The van der Waals surface area contributed by atoms with E-state index in [9.17, 15) is 20.0 Å². The molecule has 0 saturated carbocycles. The van der Waals surface area contributed by atoms with E-state index >= 15 is 0 Å². The third-order valence-electron chi connectivity index (χ3n) is 4.41. The van der Waals surface area contributed by atoms with E-state index < -0.39 is 10.9 Å². The Hall–Kier alpha value is -4.07. The maximum atomic E-state index is 12.1. The standard InChI is InChI=1S/C20H13N3O5/c1-28-16-10-13(11-6-8-12(9-7-11)23(26)27)17(20(24)25)19-18(16)21-14-4-2-3-5-15(14)22-19/h2-10H,1H3,(H,24,25). The summed E-state index contributed by atoms with van der Waals surface area (Å²) in [5, 5.41) is 20.8. The SMILES string of the molecule is COc1cc(-c2ccc([N+](=O)[O-])cc2)c(C(=O)O)c2nc3ccccc3nc12. The molecule has 1 aromatic heterocycles. The fourth-order valence-corrected chi connectivity index (χ4v) is 3.11. The lowest BCUT2D eigenvalue weighted by Crippen LogP contribution is -2.05. The Balaban J connectivity index is 2.08. The summed E-state index contributed by atoms with van der Waals surface area (Å²) in [4.78, 5) is 31.5. The molecule has 3 aromatic carbocycles. The highest BCUT2D eigenvalue weighted by atomic mass is 16.6. The zero-order valence-electron chi connectivity index (χ0n) is 14.6. The molecule has 1 heterocycles. The Kier molecular flexibility index (Phi) is 4.08. The van der Waals surface area contributed by atoms with Crippen molar-refractivity contribution in [1.29, 1.82) is 0 Å². The van der Waals surface area contributed by atoms with Gasteiger partial charge in [-0.05, 0) is 35.9 Å². The van der Waals surface area contributed by atoms with Crippen LogP contribution >= 0.6 is 0 Å². The molecule has 0 radical (unpaired) electrons. The Labute approximate surface area is 158 Å². The zero-order valence-corrected chi connectivity index (χ0v) is 14.6. The van der Waals surface area contributed by atoms with Crippen LogP contribution in [0.25, 0.3) is 33.2 Å². The summed E-state index contributed by atoms with van der Waals surface area (Å²) in [6.07, 6.45) is 0. The van der Waals surface area contributed by atoms with E-state index in [0.717, 1.165) is 0 Å². The number of carboxylic acids is 1. The Morgan fingerprint density at radius 1 is 1.04 bits per heavy atom. The third kappa shape index (κ3) is 2.77. The van der Waals surface area contributed by atoms with Crippen molar-refractivity contribution in [3.63, 3.8) is 0 Å². The first kappa shape index (κ1) is 17.3. The van der Waals surface area contributed by atoms with E-state index in [1.54, 1.807) is 24.3 Å². The van der Waals surface area contributed by atoms with Crippen LogP contribution in [0.4, 0.5) is 5.69 Å². The van der Waals surface area contributed by atoms with Gasteiger partial charge in [0.1, 0.15) is 16.8 Å². The van der Waals surface area contributed by atoms with Crippen LogP contribution in [0.15, 0.2) is 54.6 Å². The quantitative estimate of drug-likeness (QED) is 0.325. The number of nitro benzene ring substituents is 1. The summed E-state index contributed by atoms with van der Waals surface area (Å²) in [7, 11) is 1.46. The normalized spacial score (nSPS) is 10.9. The van der Waals surface area contributed by atoms with Crippen LogP contribution in [0.2, 0.25) is 0 Å². The first-order valence-corrected chi connectivity index (χ1v) is 8.25. The van der Waals surface area contributed by atoms with Crippen LogP contribution in [0.5, 0.6) is 5.75 Å². The molecule has 4 rings (SSSR count). The van der Waals surface area contributed by atoms with Gasteiger partial charge in [0.05, 0.1) is 28.6 Å². The van der Waals surface area contributed by atoms with Crippen molar-refractivity contribution in [3.05, 3.63) is 70.3 Å². The van der Waals surface area contributed by atoms with Crippen LogP contribution in [0.1, 0.15) is 10.4 Å². The smallest absolute Gasteiger partial charge is 0.338 e. The number of carbonyl (C=O) groups is 1. The molecule has 0 aliphatic carbocycles. The van der Waals surface area contributed by atoms with Gasteiger partial charge in [-0.25, -0.2) is 14.8 Å². The molecule has 138 valence electrons. The monoisotopic (exact) mass is 375 g/mol. The predicted octanol–water partition coefficient (Wildman–Crippen LogP) is 4.07. The minimum absolute atomic E-state index is 0.0390. The largest absolute Gasteiger partial charge is 0.494 e. The van der Waals surface area contributed by atoms with Crippen LogP contribution in [0.3, 0.4) is 0 Å². The summed E-state index contributed by atoms with van der Waals surface area (Å²) < 4.78 is 5.43. The lowest BCUT2D eigenvalue weighted by Gasteiger charge is -2.13. The average molecular weight is 375 g/mol. The van der Waals surface area contributed by atoms with Crippen LogP contribution in [-0.4, -0.2) is 33.1 Å². The number of aromatic nitrogens is 2. The number of benzene rings is 3. The van der Waals surface area contributed by atoms with Crippen LogP contribution in [-0.2, 0) is 0 Å². The third-order valence-corrected chi connectivity index (χ3v) is 4.41. The van der Waals surface area contributed by atoms with Gasteiger partial charge < -0.3 is 9.84 Å². The predicted molar refractivity (Wildman–Crippen MR) is 103 cm³/mol. The fraction of sp³-hybridized carbons (Fsp3) is 0.0500. The molecule has 0 unspecified atom stereocenters. The number of nitro groups is 1. The number of para-hydroxylation sites is 2. The van der Waals surface area contributed by atoms with E-state index in [1.165, 1.54) is 31.4 Å². The molecule has 0 aliphatic heterocycles. The van der Waals surface area contributed by atoms with Crippen LogP contribution in [0, 0.1) is 10.1 Å². The van der Waals surface area contributed by atoms with E-state index in [4.69, 9.17) is 4.74 Å². The second kappa shape index (κ2) is 6.58. The van der Waals surface area contributed by atoms with Gasteiger partial charge in [0.2, 0.25) is 0 Å². The highest BCUT2D eigenvalue weighted by Crippen LogP contribution is 2.36. The Morgan fingerprint density at radius 3 is 2.18 bits per heavy atom. The maximum Gasteiger partial charge on any atom is 0.338 e. The van der Waals surface area contributed by atoms with Crippen molar-refractivity contribution in [1.82, 2.24) is 9.97 Å². The maximum absolute atomic E-state index is 12.1. The van der Waals surface area contributed by atoms with Crippen molar-refractivity contribution in [2.24, 2.45) is 0 Å². The first-order chi connectivity index (χ1) is 13.5. The number of rotatable bonds is 4. The minimum atomic E-state index is -1.18. The summed E-state index contributed by atoms with van der Waals surface area (Å²) in [5.41, 5.74) is 2.42. The van der Waals surface area contributed by atoms with Gasteiger partial charge in [-0.3, -0.25) is 10.1 Å². The van der Waals surface area contributed by atoms with Crippen molar-refractivity contribution in [2.75, 3.05) is 7.11 Å². The molecule has 0 saturated heterocycles. The Morgan fingerprint density at radius 2 is 1.64 bits per heavy atom. The van der Waals surface area contributed by atoms with Gasteiger partial charge in [-0.2, -0.15) is 0 Å². The average Bonchev–Trinajstić information content (AvgIpc) is 2.70. The van der Waals surface area contributed by atoms with E-state index in [-0.39, 0.29) is 16.8 Å². The first-order valence-electron chi connectivity index (χ1n) is 8.25. The number of methoxy groups -OCH3 is 1. The van der Waals surface area contributed by atoms with Gasteiger partial charge in [0, 0.05) is 17.7 Å². The fourth-order valence-electron chi connectivity index (χ4n) is 3.11. The van der Waals surface area contributed by atoms with Gasteiger partial charge in [-0.1, -0.05) is 12.1 Å². The van der Waals surface area contributed by atoms with E-state index in [2.05, 4.69) is 9.97 Å². The van der Waals surface area contributed by atoms with Crippen molar-refractivity contribution >= 4 is 33.7 Å². The molecule has 0 aliphatic rings. The molecule has 0 spiro atoms. The molecular weight excluding hydrogens is 362 g/mol. The zero-order chi connectivity index (χ0) is 19.8. The summed E-state index contributed by atoms with van der Waals surface area (Å²) in [6.45, 7) is 0. The van der Waals surface area contributed by atoms with Gasteiger partial charge in [0.15, 0.2) is 0 Å². The minimum Gasteiger partial charge on any atom is -0.494 e. The number of hydrogen-bond acceptors (Lipinski definition) is 6. The van der Waals surface area contributed by atoms with E-state index in [1.807, 2.05) is 6.07 Å². The van der Waals surface area contributed by atoms with Crippen molar-refractivity contribution in [2.45, 2.75) is 0 Å². The van der Waals surface area contributed by atoms with Crippen LogP contribution < -0.4 is 4.74 Å². The molecule has 0 atom stereocenters. The lowest BCUT2D eigenvalue weighted by molar-refractivity contribution is -0.384. The highest BCUT2D eigenvalue weighted by Gasteiger charge is 2.22. The molecule has 28 heavy (non-hydrogen) atoms. The molecule has 8 heteroatoms. The van der Waals surface area contributed by atoms with Gasteiger partial charge in [0.25, 0.3) is 5.69 Å². The van der Waals surface area contributed by atoms with Crippen molar-refractivity contribution < 1.29 is 19.6 Å². The number of aromatic carboxylic acids is 1. The summed E-state index contributed by atoms with van der Waals surface area (Å²) in [5.74, 6) is -0.808. The number of fused-ring (bicyclic) bond motifs is 2. The number of non-ortho nitro benzene ring substituents is 1. The number of nitrogens with zero attached hydrogens (tertiary/aromatic N) is 3. The molecular formula is C20H13N3O5. The summed E-state index contributed by atoms with van der Waals surface area (Å²) >= 11 is 0. The van der Waals surface area contributed by atoms with Gasteiger partial charge >= 0.3 is 5.97 Å². The van der Waals surface area contributed by atoms with Gasteiger partial charge in [-0.15, -0.1) is 0 Å². The molecule has 0 fully saturated rings. The van der Waals surface area contributed by atoms with E-state index in [0.29, 0.717) is 33.4 Å². The number of ether oxygens (including phenoxy) is 1. The molecule has 8 nitrogen and oxygen atoms in total. The number of carboxylic acid groups (broad SMARTS) is 1. The second-order valence-corrected chi connectivity index (χ2v) is 6.02. The van der Waals surface area contributed by atoms with Crippen molar-refractivity contribution in [3.8, 4) is 16.9 Å². The molecule has 0 amide bonds.